The summed E-state index contributed by atoms with van der Waals surface area (Å²) in [5.41, 5.74) is -1.53. The van der Waals surface area contributed by atoms with Gasteiger partial charge in [0, 0.05) is 9.52 Å². The summed E-state index contributed by atoms with van der Waals surface area (Å²) in [5.74, 6) is 0.158. The molecule has 2 rings (SSSR count). The molecule has 1 aliphatic heterocycles. The largest absolute Gasteiger partial charge is 0.481 e. The molecule has 0 spiro atoms. The minimum atomic E-state index is -1.02. The third kappa shape index (κ3) is 3.88. The lowest BCUT2D eigenvalue weighted by atomic mass is 9.63. The zero-order chi connectivity index (χ0) is 15.5. The van der Waals surface area contributed by atoms with Crippen LogP contribution in [0.2, 0.25) is 12.1 Å². The summed E-state index contributed by atoms with van der Waals surface area (Å²) in [6.45, 7) is 4.28. The van der Waals surface area contributed by atoms with Crippen molar-refractivity contribution in [1.82, 2.24) is 0 Å². The molecule has 1 N–H and O–H groups in total. The average molecular weight is 315 g/mol. The lowest BCUT2D eigenvalue weighted by Gasteiger charge is -2.45. The highest BCUT2D eigenvalue weighted by molar-refractivity contribution is 6.35. The number of aliphatic carboxylic acids is 1. The van der Waals surface area contributed by atoms with Gasteiger partial charge in [-0.05, 0) is 63.2 Å². The Morgan fingerprint density at radius 3 is 2.29 bits per heavy atom. The molecule has 0 radical (unpaired) electrons. The Kier molecular flexibility index (Phi) is 5.50. The van der Waals surface area contributed by atoms with Gasteiger partial charge in [-0.25, -0.2) is 4.39 Å². The number of alkyl halides is 1. The third-order valence-electron chi connectivity index (χ3n) is 6.00. The number of rotatable bonds is 5. The van der Waals surface area contributed by atoms with E-state index in [0.29, 0.717) is 25.2 Å². The van der Waals surface area contributed by atoms with Crippen LogP contribution >= 0.6 is 0 Å². The van der Waals surface area contributed by atoms with Crippen molar-refractivity contribution in [3.8, 4) is 0 Å². The predicted molar refractivity (Wildman–Crippen MR) is 87.3 cm³/mol. The first kappa shape index (κ1) is 17.0. The molecule has 0 aromatic carbocycles. The van der Waals surface area contributed by atoms with Crippen LogP contribution in [0.1, 0.15) is 65.2 Å². The van der Waals surface area contributed by atoms with Crippen molar-refractivity contribution >= 4 is 15.5 Å². The molecular formula is C17H31FO2Si. The second-order valence-corrected chi connectivity index (χ2v) is 10.0. The van der Waals surface area contributed by atoms with Crippen LogP contribution in [-0.2, 0) is 4.79 Å². The van der Waals surface area contributed by atoms with Gasteiger partial charge in [0.2, 0.25) is 0 Å². The van der Waals surface area contributed by atoms with Crippen molar-refractivity contribution in [2.45, 2.75) is 83.0 Å². The summed E-state index contributed by atoms with van der Waals surface area (Å²) in [7, 11) is -0.00468. The maximum atomic E-state index is 14.9. The van der Waals surface area contributed by atoms with Gasteiger partial charge in [0.15, 0.2) is 0 Å². The first-order chi connectivity index (χ1) is 9.88. The van der Waals surface area contributed by atoms with Crippen LogP contribution < -0.4 is 0 Å². The Labute approximate surface area is 130 Å². The van der Waals surface area contributed by atoms with Gasteiger partial charge in [0.05, 0.1) is 5.41 Å². The number of halogens is 1. The van der Waals surface area contributed by atoms with Gasteiger partial charge in [-0.2, -0.15) is 0 Å². The highest BCUT2D eigenvalue weighted by atomic mass is 28.2. The Hall–Kier alpha value is -0.383. The molecule has 4 heteroatoms. The highest BCUT2D eigenvalue weighted by Crippen LogP contribution is 2.51. The third-order valence-corrected chi connectivity index (χ3v) is 7.71. The number of hydrogen-bond donors (Lipinski definition) is 1. The smallest absolute Gasteiger partial charge is 0.309 e. The molecular weight excluding hydrogens is 283 g/mol. The standard InChI is InChI=1S/C17H31FO2Si/c1-13(2)3-6-16(18)7-4-14(5-8-16)17(15(19)20)9-11-21-12-10-17/h13-14H,3-12,21H2,1-2H3,(H,19,20). The van der Waals surface area contributed by atoms with E-state index in [1.165, 1.54) is 0 Å². The predicted octanol–water partition coefficient (Wildman–Crippen LogP) is 4.19. The molecule has 1 saturated carbocycles. The molecule has 2 nitrogen and oxygen atoms in total. The fourth-order valence-electron chi connectivity index (χ4n) is 4.46. The molecule has 0 atom stereocenters. The maximum absolute atomic E-state index is 14.9. The molecule has 2 aliphatic rings. The van der Waals surface area contributed by atoms with Crippen molar-refractivity contribution in [3.63, 3.8) is 0 Å². The van der Waals surface area contributed by atoms with Crippen LogP contribution in [0, 0.1) is 17.3 Å². The molecule has 0 aromatic rings. The van der Waals surface area contributed by atoms with Crippen molar-refractivity contribution in [2.75, 3.05) is 0 Å². The molecule has 1 heterocycles. The van der Waals surface area contributed by atoms with Gasteiger partial charge in [0.25, 0.3) is 0 Å². The number of hydrogen-bond acceptors (Lipinski definition) is 1. The summed E-state index contributed by atoms with van der Waals surface area (Å²) in [6.07, 6.45) is 6.05. The number of carbonyl (C=O) groups is 1. The molecule has 0 amide bonds. The van der Waals surface area contributed by atoms with E-state index in [0.717, 1.165) is 44.2 Å². The number of carboxylic acids is 1. The summed E-state index contributed by atoms with van der Waals surface area (Å²) >= 11 is 0. The maximum Gasteiger partial charge on any atom is 0.309 e. The van der Waals surface area contributed by atoms with Crippen molar-refractivity contribution in [2.24, 2.45) is 17.3 Å². The van der Waals surface area contributed by atoms with Crippen LogP contribution in [0.25, 0.3) is 0 Å². The summed E-state index contributed by atoms with van der Waals surface area (Å²) in [6, 6.07) is 2.33. The van der Waals surface area contributed by atoms with Gasteiger partial charge in [-0.15, -0.1) is 0 Å². The second kappa shape index (κ2) is 6.80. The van der Waals surface area contributed by atoms with Crippen LogP contribution in [0.4, 0.5) is 4.39 Å². The Morgan fingerprint density at radius 2 is 1.81 bits per heavy atom. The van der Waals surface area contributed by atoms with E-state index >= 15 is 0 Å². The topological polar surface area (TPSA) is 37.3 Å². The molecule has 0 unspecified atom stereocenters. The Balaban J connectivity index is 1.97. The van der Waals surface area contributed by atoms with E-state index in [-0.39, 0.29) is 15.4 Å². The molecule has 122 valence electrons. The van der Waals surface area contributed by atoms with Crippen LogP contribution in [0.15, 0.2) is 0 Å². The van der Waals surface area contributed by atoms with Gasteiger partial charge in [0.1, 0.15) is 5.67 Å². The van der Waals surface area contributed by atoms with E-state index in [2.05, 4.69) is 13.8 Å². The van der Waals surface area contributed by atoms with E-state index in [9.17, 15) is 14.3 Å². The van der Waals surface area contributed by atoms with E-state index in [1.807, 2.05) is 0 Å². The van der Waals surface area contributed by atoms with Crippen molar-refractivity contribution in [1.29, 1.82) is 0 Å². The molecule has 21 heavy (non-hydrogen) atoms. The van der Waals surface area contributed by atoms with Crippen molar-refractivity contribution in [3.05, 3.63) is 0 Å². The molecule has 0 bridgehead atoms. The van der Waals surface area contributed by atoms with Crippen molar-refractivity contribution < 1.29 is 14.3 Å². The normalized spacial score (nSPS) is 38.8. The summed E-state index contributed by atoms with van der Waals surface area (Å²) < 4.78 is 14.9. The fraction of sp³-hybridized carbons (Fsp3) is 0.941. The molecule has 1 saturated heterocycles. The summed E-state index contributed by atoms with van der Waals surface area (Å²) in [5, 5.41) is 9.77. The average Bonchev–Trinajstić information content (AvgIpc) is 2.47. The van der Waals surface area contributed by atoms with Crippen LogP contribution in [-0.4, -0.2) is 26.3 Å². The van der Waals surface area contributed by atoms with Gasteiger partial charge < -0.3 is 5.11 Å². The first-order valence-corrected chi connectivity index (χ1v) is 10.8. The highest BCUT2D eigenvalue weighted by Gasteiger charge is 2.49. The zero-order valence-electron chi connectivity index (χ0n) is 13.7. The first-order valence-electron chi connectivity index (χ1n) is 8.80. The van der Waals surface area contributed by atoms with E-state index in [4.69, 9.17) is 0 Å². The van der Waals surface area contributed by atoms with Gasteiger partial charge >= 0.3 is 5.97 Å². The zero-order valence-corrected chi connectivity index (χ0v) is 15.1. The summed E-state index contributed by atoms with van der Waals surface area (Å²) in [4.78, 5) is 11.9. The SMILES string of the molecule is CC(C)CCC1(F)CCC(C2(C(=O)O)CC[SiH2]CC2)CC1. The minimum absolute atomic E-state index is 0.00468. The molecule has 2 fully saturated rings. The lowest BCUT2D eigenvalue weighted by molar-refractivity contribution is -0.155. The molecule has 0 aromatic heterocycles. The van der Waals surface area contributed by atoms with E-state index < -0.39 is 17.1 Å². The Morgan fingerprint density at radius 1 is 1.24 bits per heavy atom. The fourth-order valence-corrected chi connectivity index (χ4v) is 6.58. The lowest BCUT2D eigenvalue weighted by Crippen LogP contribution is -2.44. The van der Waals surface area contributed by atoms with Gasteiger partial charge in [-0.1, -0.05) is 25.9 Å². The van der Waals surface area contributed by atoms with Crippen LogP contribution in [0.5, 0.6) is 0 Å². The minimum Gasteiger partial charge on any atom is -0.481 e. The molecule has 1 aliphatic carbocycles. The number of carboxylic acid groups (broad SMARTS) is 1. The second-order valence-electron chi connectivity index (χ2n) is 7.88. The monoisotopic (exact) mass is 314 g/mol. The Bertz CT molecular complexity index is 356. The van der Waals surface area contributed by atoms with Gasteiger partial charge in [-0.3, -0.25) is 4.79 Å². The van der Waals surface area contributed by atoms with E-state index in [1.54, 1.807) is 0 Å². The quantitative estimate of drug-likeness (QED) is 0.773. The van der Waals surface area contributed by atoms with Crippen LogP contribution in [0.3, 0.4) is 0 Å².